The first-order valence-electron chi connectivity index (χ1n) is 12.0. The molecular formula is C29H30N4O3S. The molecular weight excluding hydrogens is 484 g/mol. The van der Waals surface area contributed by atoms with Crippen molar-refractivity contribution in [3.8, 4) is 0 Å². The topological polar surface area (TPSA) is 131 Å². The van der Waals surface area contributed by atoms with Gasteiger partial charge in [0.25, 0.3) is 5.91 Å². The average Bonchev–Trinajstić information content (AvgIpc) is 3.37. The lowest BCUT2D eigenvalue weighted by molar-refractivity contribution is -0.149. The van der Waals surface area contributed by atoms with E-state index in [1.165, 1.54) is 11.3 Å². The highest BCUT2D eigenvalue weighted by molar-refractivity contribution is 7.14. The highest BCUT2D eigenvalue weighted by Gasteiger charge is 2.36. The molecule has 0 radical (unpaired) electrons. The molecule has 3 aromatic carbocycles. The maximum Gasteiger partial charge on any atom is 0.326 e. The van der Waals surface area contributed by atoms with Crippen LogP contribution in [0.5, 0.6) is 0 Å². The molecule has 0 bridgehead atoms. The largest absolute Gasteiger partial charge is 0.465 e. The zero-order valence-electron chi connectivity index (χ0n) is 20.6. The van der Waals surface area contributed by atoms with Crippen LogP contribution in [-0.2, 0) is 28.9 Å². The number of esters is 1. The van der Waals surface area contributed by atoms with Crippen LogP contribution in [-0.4, -0.2) is 29.9 Å². The number of rotatable bonds is 10. The summed E-state index contributed by atoms with van der Waals surface area (Å²) in [5.74, 6) is -0.617. The van der Waals surface area contributed by atoms with Gasteiger partial charge in [0, 0.05) is 23.3 Å². The number of amides is 1. The van der Waals surface area contributed by atoms with Gasteiger partial charge >= 0.3 is 5.97 Å². The van der Waals surface area contributed by atoms with Crippen molar-refractivity contribution in [3.63, 3.8) is 0 Å². The number of carbonyl (C=O) groups is 2. The Bertz CT molecular complexity index is 1430. The van der Waals surface area contributed by atoms with Crippen molar-refractivity contribution in [3.05, 3.63) is 105 Å². The second-order valence-electron chi connectivity index (χ2n) is 8.94. The van der Waals surface area contributed by atoms with E-state index < -0.39 is 11.5 Å². The molecule has 7 nitrogen and oxygen atoms in total. The lowest BCUT2D eigenvalue weighted by Gasteiger charge is -2.27. The van der Waals surface area contributed by atoms with E-state index in [9.17, 15) is 9.59 Å². The fraction of sp³-hybridized carbons (Fsp3) is 0.207. The van der Waals surface area contributed by atoms with Gasteiger partial charge < -0.3 is 21.5 Å². The van der Waals surface area contributed by atoms with Crippen LogP contribution in [0.2, 0.25) is 0 Å². The predicted octanol–water partition coefficient (Wildman–Crippen LogP) is 4.16. The number of ether oxygens (including phenoxy) is 1. The van der Waals surface area contributed by atoms with Gasteiger partial charge in [0.1, 0.15) is 11.4 Å². The molecule has 1 aromatic heterocycles. The molecule has 8 heteroatoms. The SMILES string of the molecule is CCOC(=O)C(N)(Cc1ccccc1)Cc1ccc2c(C(=O)NCc3ccc(C(=N)N)s3)cccc2c1. The highest BCUT2D eigenvalue weighted by atomic mass is 32.1. The molecule has 0 aliphatic carbocycles. The molecule has 1 amide bonds. The predicted molar refractivity (Wildman–Crippen MR) is 148 cm³/mol. The minimum Gasteiger partial charge on any atom is -0.465 e. The number of hydrogen-bond acceptors (Lipinski definition) is 6. The van der Waals surface area contributed by atoms with Gasteiger partial charge in [-0.25, -0.2) is 0 Å². The zero-order valence-corrected chi connectivity index (χ0v) is 21.4. The van der Waals surface area contributed by atoms with Gasteiger partial charge in [-0.2, -0.15) is 0 Å². The normalized spacial score (nSPS) is 12.6. The van der Waals surface area contributed by atoms with Crippen LogP contribution in [0.1, 0.15) is 38.2 Å². The Morgan fingerprint density at radius 1 is 0.973 bits per heavy atom. The number of nitrogens with one attached hydrogen (secondary N) is 2. The Labute approximate surface area is 220 Å². The average molecular weight is 515 g/mol. The molecule has 4 aromatic rings. The van der Waals surface area contributed by atoms with Gasteiger partial charge in [-0.15, -0.1) is 11.3 Å². The quantitative estimate of drug-likeness (QED) is 0.143. The molecule has 0 saturated carbocycles. The van der Waals surface area contributed by atoms with Crippen LogP contribution in [0.3, 0.4) is 0 Å². The summed E-state index contributed by atoms with van der Waals surface area (Å²) in [6.45, 7) is 2.37. The zero-order chi connectivity index (χ0) is 26.4. The van der Waals surface area contributed by atoms with Gasteiger partial charge in [0.2, 0.25) is 0 Å². The van der Waals surface area contributed by atoms with Crippen LogP contribution >= 0.6 is 11.3 Å². The fourth-order valence-electron chi connectivity index (χ4n) is 4.33. The third-order valence-corrected chi connectivity index (χ3v) is 7.22. The monoisotopic (exact) mass is 514 g/mol. The van der Waals surface area contributed by atoms with Crippen LogP contribution in [0.4, 0.5) is 0 Å². The maximum absolute atomic E-state index is 13.0. The maximum atomic E-state index is 13.0. The summed E-state index contributed by atoms with van der Waals surface area (Å²) in [4.78, 5) is 27.5. The summed E-state index contributed by atoms with van der Waals surface area (Å²) in [6, 6.07) is 24.6. The van der Waals surface area contributed by atoms with Crippen LogP contribution < -0.4 is 16.8 Å². The smallest absolute Gasteiger partial charge is 0.326 e. The summed E-state index contributed by atoms with van der Waals surface area (Å²) >= 11 is 1.38. The molecule has 0 aliphatic rings. The third-order valence-electron chi connectivity index (χ3n) is 6.10. The van der Waals surface area contributed by atoms with E-state index in [0.29, 0.717) is 29.8 Å². The second kappa shape index (κ2) is 11.4. The van der Waals surface area contributed by atoms with E-state index in [0.717, 1.165) is 26.8 Å². The summed E-state index contributed by atoms with van der Waals surface area (Å²) in [5, 5.41) is 12.2. The molecule has 4 rings (SSSR count). The summed E-state index contributed by atoms with van der Waals surface area (Å²) in [5.41, 5.74) is 13.4. The number of nitrogens with two attached hydrogens (primary N) is 2. The summed E-state index contributed by atoms with van der Waals surface area (Å²) in [7, 11) is 0. The van der Waals surface area contributed by atoms with Gasteiger partial charge in [0.05, 0.1) is 18.0 Å². The first-order chi connectivity index (χ1) is 17.8. The standard InChI is InChI=1S/C29H30N4O3S/c1-2-36-28(35)29(32,16-19-7-4-3-5-8-19)17-20-11-13-23-21(15-20)9-6-10-24(23)27(34)33-18-22-12-14-25(37-22)26(30)31/h3-15H,2,16-18,32H2,1H3,(H3,30,31)(H,33,34). The first-order valence-corrected chi connectivity index (χ1v) is 12.8. The second-order valence-corrected chi connectivity index (χ2v) is 10.1. The number of benzene rings is 3. The third kappa shape index (κ3) is 6.22. The van der Waals surface area contributed by atoms with Crippen LogP contribution in [0, 0.1) is 5.41 Å². The molecule has 1 heterocycles. The lowest BCUT2D eigenvalue weighted by atomic mass is 9.85. The van der Waals surface area contributed by atoms with Gasteiger partial charge in [-0.1, -0.05) is 60.7 Å². The Balaban J connectivity index is 1.55. The first kappa shape index (κ1) is 26.1. The van der Waals surface area contributed by atoms with E-state index >= 15 is 0 Å². The van der Waals surface area contributed by atoms with Crippen LogP contribution in [0.25, 0.3) is 10.8 Å². The van der Waals surface area contributed by atoms with E-state index in [1.54, 1.807) is 19.1 Å². The molecule has 0 spiro atoms. The number of amidine groups is 1. The van der Waals surface area contributed by atoms with Crippen molar-refractivity contribution >= 4 is 39.8 Å². The lowest BCUT2D eigenvalue weighted by Crippen LogP contribution is -2.52. The number of nitrogen functional groups attached to an aromatic ring is 1. The van der Waals surface area contributed by atoms with Crippen molar-refractivity contribution in [2.45, 2.75) is 31.8 Å². The van der Waals surface area contributed by atoms with E-state index in [2.05, 4.69) is 5.32 Å². The number of thiophene rings is 1. The molecule has 190 valence electrons. The van der Waals surface area contributed by atoms with Gasteiger partial charge in [-0.3, -0.25) is 15.0 Å². The Morgan fingerprint density at radius 2 is 1.73 bits per heavy atom. The van der Waals surface area contributed by atoms with Crippen molar-refractivity contribution < 1.29 is 14.3 Å². The van der Waals surface area contributed by atoms with Gasteiger partial charge in [0.15, 0.2) is 0 Å². The summed E-state index contributed by atoms with van der Waals surface area (Å²) < 4.78 is 5.33. The molecule has 1 atom stereocenters. The van der Waals surface area contributed by atoms with E-state index in [1.807, 2.05) is 66.7 Å². The highest BCUT2D eigenvalue weighted by Crippen LogP contribution is 2.25. The number of fused-ring (bicyclic) bond motifs is 1. The van der Waals surface area contributed by atoms with Crippen molar-refractivity contribution in [1.29, 1.82) is 5.41 Å². The summed E-state index contributed by atoms with van der Waals surface area (Å²) in [6.07, 6.45) is 0.644. The van der Waals surface area contributed by atoms with E-state index in [-0.39, 0.29) is 18.3 Å². The van der Waals surface area contributed by atoms with Crippen molar-refractivity contribution in [2.75, 3.05) is 6.61 Å². The number of carbonyl (C=O) groups excluding carboxylic acids is 2. The molecule has 1 unspecified atom stereocenters. The Hall–Kier alpha value is -4.01. The van der Waals surface area contributed by atoms with Gasteiger partial charge in [-0.05, 0) is 47.0 Å². The number of hydrogen-bond donors (Lipinski definition) is 4. The minimum atomic E-state index is -1.22. The molecule has 37 heavy (non-hydrogen) atoms. The Morgan fingerprint density at radius 3 is 2.43 bits per heavy atom. The minimum absolute atomic E-state index is 0.0145. The van der Waals surface area contributed by atoms with E-state index in [4.69, 9.17) is 21.6 Å². The molecule has 0 fully saturated rings. The molecule has 0 saturated heterocycles. The van der Waals surface area contributed by atoms with Crippen LogP contribution in [0.15, 0.2) is 78.9 Å². The van der Waals surface area contributed by atoms with Crippen molar-refractivity contribution in [1.82, 2.24) is 5.32 Å². The molecule has 6 N–H and O–H groups in total. The Kier molecular flexibility index (Phi) is 8.01. The fourth-order valence-corrected chi connectivity index (χ4v) is 5.14. The molecule has 0 aliphatic heterocycles. The van der Waals surface area contributed by atoms with Crippen molar-refractivity contribution in [2.24, 2.45) is 11.5 Å².